The maximum Gasteiger partial charge on any atom is 0.407 e. The van der Waals surface area contributed by atoms with Gasteiger partial charge >= 0.3 is 6.09 Å². The Morgan fingerprint density at radius 2 is 1.95 bits per heavy atom. The number of hydrogen-bond donors (Lipinski definition) is 2. The summed E-state index contributed by atoms with van der Waals surface area (Å²) in [7, 11) is 2.18. The lowest BCUT2D eigenvalue weighted by atomic mass is 10.2. The van der Waals surface area contributed by atoms with Gasteiger partial charge in [-0.1, -0.05) is 0 Å². The number of amides is 1. The molecule has 0 saturated heterocycles. The van der Waals surface area contributed by atoms with Gasteiger partial charge in [0.2, 0.25) is 0 Å². The fraction of sp³-hybridized carbons (Fsp3) is 0.929. The minimum atomic E-state index is -0.421. The van der Waals surface area contributed by atoms with E-state index >= 15 is 0 Å². The average Bonchev–Trinajstić information content (AvgIpc) is 3.08. The standard InChI is InChI=1S/C14H29N3O2/c1-14(2,3)19-13(18)16-9-5-8-15-10-11-17(4)12-6-7-12/h12,15H,5-11H2,1-4H3,(H,16,18). The molecule has 5 nitrogen and oxygen atoms in total. The van der Waals surface area contributed by atoms with Crippen molar-refractivity contribution < 1.29 is 9.53 Å². The number of hydrogen-bond acceptors (Lipinski definition) is 4. The normalized spacial score (nSPS) is 15.6. The zero-order valence-corrected chi connectivity index (χ0v) is 12.8. The quantitative estimate of drug-likeness (QED) is 0.658. The summed E-state index contributed by atoms with van der Waals surface area (Å²) in [4.78, 5) is 13.8. The highest BCUT2D eigenvalue weighted by Gasteiger charge is 2.25. The summed E-state index contributed by atoms with van der Waals surface area (Å²) >= 11 is 0. The monoisotopic (exact) mass is 271 g/mol. The van der Waals surface area contributed by atoms with Gasteiger partial charge in [-0.25, -0.2) is 4.79 Å². The molecule has 5 heteroatoms. The molecule has 0 aromatic heterocycles. The predicted molar refractivity (Wildman–Crippen MR) is 77.4 cm³/mol. The van der Waals surface area contributed by atoms with E-state index in [1.54, 1.807) is 0 Å². The number of rotatable bonds is 8. The number of carbonyl (C=O) groups excluding carboxylic acids is 1. The van der Waals surface area contributed by atoms with Gasteiger partial charge in [0.25, 0.3) is 0 Å². The fourth-order valence-corrected chi connectivity index (χ4v) is 1.80. The molecular formula is C14H29N3O2. The number of carbonyl (C=O) groups is 1. The van der Waals surface area contributed by atoms with Crippen LogP contribution in [-0.2, 0) is 4.74 Å². The zero-order chi connectivity index (χ0) is 14.3. The molecule has 0 aliphatic heterocycles. The van der Waals surface area contributed by atoms with Gasteiger partial charge in [0.15, 0.2) is 0 Å². The Hall–Kier alpha value is -0.810. The second-order valence-corrected chi connectivity index (χ2v) is 6.24. The van der Waals surface area contributed by atoms with Crippen LogP contribution in [0.4, 0.5) is 4.79 Å². The van der Waals surface area contributed by atoms with Crippen molar-refractivity contribution in [2.24, 2.45) is 0 Å². The van der Waals surface area contributed by atoms with Crippen molar-refractivity contribution >= 4 is 6.09 Å². The average molecular weight is 271 g/mol. The van der Waals surface area contributed by atoms with E-state index in [2.05, 4.69) is 22.6 Å². The summed E-state index contributed by atoms with van der Waals surface area (Å²) in [5.41, 5.74) is -0.421. The second kappa shape index (κ2) is 7.70. The topological polar surface area (TPSA) is 53.6 Å². The molecule has 0 aromatic rings. The highest BCUT2D eigenvalue weighted by molar-refractivity contribution is 5.67. The first-order chi connectivity index (χ1) is 8.88. The first kappa shape index (κ1) is 16.2. The molecule has 1 amide bonds. The lowest BCUT2D eigenvalue weighted by molar-refractivity contribution is 0.0527. The Bertz CT molecular complexity index is 272. The van der Waals surface area contributed by atoms with Crippen molar-refractivity contribution in [2.45, 2.75) is 51.7 Å². The molecule has 0 radical (unpaired) electrons. The first-order valence-corrected chi connectivity index (χ1v) is 7.26. The van der Waals surface area contributed by atoms with Gasteiger partial charge in [-0.05, 0) is 53.6 Å². The van der Waals surface area contributed by atoms with Gasteiger partial charge in [0, 0.05) is 25.7 Å². The van der Waals surface area contributed by atoms with Gasteiger partial charge in [-0.3, -0.25) is 0 Å². The number of alkyl carbamates (subject to hydrolysis) is 1. The van der Waals surface area contributed by atoms with Gasteiger partial charge in [0.1, 0.15) is 5.60 Å². The summed E-state index contributed by atoms with van der Waals surface area (Å²) in [6, 6.07) is 0.829. The van der Waals surface area contributed by atoms with Crippen LogP contribution in [0.1, 0.15) is 40.0 Å². The maximum atomic E-state index is 11.4. The molecule has 1 aliphatic rings. The minimum absolute atomic E-state index is 0.332. The van der Waals surface area contributed by atoms with Crippen molar-refractivity contribution in [2.75, 3.05) is 33.2 Å². The minimum Gasteiger partial charge on any atom is -0.444 e. The summed E-state index contributed by atoms with van der Waals surface area (Å²) in [6.45, 7) is 9.29. The van der Waals surface area contributed by atoms with Crippen molar-refractivity contribution in [3.63, 3.8) is 0 Å². The van der Waals surface area contributed by atoms with Crippen LogP contribution in [0.2, 0.25) is 0 Å². The third-order valence-electron chi connectivity index (χ3n) is 3.01. The third kappa shape index (κ3) is 8.83. The number of nitrogens with zero attached hydrogens (tertiary/aromatic N) is 1. The van der Waals surface area contributed by atoms with Crippen LogP contribution in [-0.4, -0.2) is 55.9 Å². The molecule has 0 unspecified atom stereocenters. The Kier molecular flexibility index (Phi) is 6.58. The molecule has 0 aromatic carbocycles. The van der Waals surface area contributed by atoms with E-state index in [0.717, 1.165) is 32.1 Å². The van der Waals surface area contributed by atoms with Crippen LogP contribution in [0.5, 0.6) is 0 Å². The van der Waals surface area contributed by atoms with Crippen molar-refractivity contribution in [3.8, 4) is 0 Å². The van der Waals surface area contributed by atoms with Gasteiger partial charge in [-0.15, -0.1) is 0 Å². The second-order valence-electron chi connectivity index (χ2n) is 6.24. The Morgan fingerprint density at radius 1 is 1.26 bits per heavy atom. The van der Waals surface area contributed by atoms with Crippen molar-refractivity contribution in [3.05, 3.63) is 0 Å². The largest absolute Gasteiger partial charge is 0.444 e. The van der Waals surface area contributed by atoms with Crippen LogP contribution in [0.15, 0.2) is 0 Å². The Labute approximate surface area is 117 Å². The van der Waals surface area contributed by atoms with E-state index in [1.807, 2.05) is 20.8 Å². The molecule has 1 aliphatic carbocycles. The lowest BCUT2D eigenvalue weighted by Crippen LogP contribution is -2.35. The highest BCUT2D eigenvalue weighted by atomic mass is 16.6. The van der Waals surface area contributed by atoms with E-state index in [0.29, 0.717) is 6.54 Å². The molecule has 19 heavy (non-hydrogen) atoms. The summed E-state index contributed by atoms with van der Waals surface area (Å²) < 4.78 is 5.15. The summed E-state index contributed by atoms with van der Waals surface area (Å²) in [6.07, 6.45) is 3.31. The molecule has 0 bridgehead atoms. The van der Waals surface area contributed by atoms with Gasteiger partial charge < -0.3 is 20.3 Å². The van der Waals surface area contributed by atoms with Crippen LogP contribution in [0, 0.1) is 0 Å². The van der Waals surface area contributed by atoms with E-state index < -0.39 is 5.60 Å². The maximum absolute atomic E-state index is 11.4. The molecule has 2 N–H and O–H groups in total. The predicted octanol–water partition coefficient (Wildman–Crippen LogP) is 1.58. The van der Waals surface area contributed by atoms with Crippen molar-refractivity contribution in [1.82, 2.24) is 15.5 Å². The molecule has 1 rings (SSSR count). The fourth-order valence-electron chi connectivity index (χ4n) is 1.80. The molecule has 1 fully saturated rings. The van der Waals surface area contributed by atoms with E-state index in [4.69, 9.17) is 4.74 Å². The van der Waals surface area contributed by atoms with Crippen molar-refractivity contribution in [1.29, 1.82) is 0 Å². The smallest absolute Gasteiger partial charge is 0.407 e. The molecular weight excluding hydrogens is 242 g/mol. The molecule has 0 heterocycles. The number of likely N-dealkylation sites (N-methyl/N-ethyl adjacent to an activating group) is 1. The van der Waals surface area contributed by atoms with Gasteiger partial charge in [0.05, 0.1) is 0 Å². The SMILES string of the molecule is CN(CCNCCCNC(=O)OC(C)(C)C)C1CC1. The van der Waals surface area contributed by atoms with E-state index in [1.165, 1.54) is 12.8 Å². The van der Waals surface area contributed by atoms with Crippen LogP contribution in [0.25, 0.3) is 0 Å². The van der Waals surface area contributed by atoms with E-state index in [9.17, 15) is 4.79 Å². The van der Waals surface area contributed by atoms with Crippen LogP contribution < -0.4 is 10.6 Å². The van der Waals surface area contributed by atoms with Crippen LogP contribution >= 0.6 is 0 Å². The van der Waals surface area contributed by atoms with Crippen LogP contribution in [0.3, 0.4) is 0 Å². The van der Waals surface area contributed by atoms with E-state index in [-0.39, 0.29) is 6.09 Å². The summed E-state index contributed by atoms with van der Waals surface area (Å²) in [5, 5.41) is 6.14. The Morgan fingerprint density at radius 3 is 2.53 bits per heavy atom. The first-order valence-electron chi connectivity index (χ1n) is 7.26. The molecule has 0 atom stereocenters. The molecule has 0 spiro atoms. The molecule has 112 valence electrons. The zero-order valence-electron chi connectivity index (χ0n) is 12.8. The summed E-state index contributed by atoms with van der Waals surface area (Å²) in [5.74, 6) is 0. The number of ether oxygens (including phenoxy) is 1. The molecule has 1 saturated carbocycles. The van der Waals surface area contributed by atoms with Gasteiger partial charge in [-0.2, -0.15) is 0 Å². The lowest BCUT2D eigenvalue weighted by Gasteiger charge is -2.19. The number of nitrogens with one attached hydrogen (secondary N) is 2. The Balaban J connectivity index is 1.86. The third-order valence-corrected chi connectivity index (χ3v) is 3.01. The highest BCUT2D eigenvalue weighted by Crippen LogP contribution is 2.24.